The lowest BCUT2D eigenvalue weighted by Gasteiger charge is -2.11. The topological polar surface area (TPSA) is 26.5 Å². The van der Waals surface area contributed by atoms with Crippen molar-refractivity contribution in [3.8, 4) is 22.6 Å². The molecule has 0 aliphatic rings. The van der Waals surface area contributed by atoms with E-state index in [4.69, 9.17) is 9.73 Å². The Bertz CT molecular complexity index is 1140. The van der Waals surface area contributed by atoms with Gasteiger partial charge in [-0.1, -0.05) is 42.5 Å². The van der Waals surface area contributed by atoms with Crippen LogP contribution in [0.3, 0.4) is 0 Å². The van der Waals surface area contributed by atoms with Crippen LogP contribution in [0.4, 0.5) is 5.69 Å². The minimum absolute atomic E-state index is 0.674. The van der Waals surface area contributed by atoms with Crippen LogP contribution in [0, 0.1) is 13.8 Å². The monoisotopic (exact) mass is 394 g/mol. The van der Waals surface area contributed by atoms with E-state index in [1.165, 1.54) is 22.5 Å². The molecule has 0 saturated carbocycles. The van der Waals surface area contributed by atoms with Gasteiger partial charge in [0.2, 0.25) is 0 Å². The molecule has 0 amide bonds. The third kappa shape index (κ3) is 4.20. The highest BCUT2D eigenvalue weighted by molar-refractivity contribution is 5.84. The molecular formula is C27H26N2O. The van der Waals surface area contributed by atoms with Crippen molar-refractivity contribution in [1.29, 1.82) is 0 Å². The lowest BCUT2D eigenvalue weighted by Crippen LogP contribution is -2.00. The quantitative estimate of drug-likeness (QED) is 0.326. The van der Waals surface area contributed by atoms with Crippen LogP contribution in [0.2, 0.25) is 0 Å². The summed E-state index contributed by atoms with van der Waals surface area (Å²) in [5.74, 6) is 0.893. The number of ether oxygens (including phenoxy) is 1. The zero-order chi connectivity index (χ0) is 20.9. The summed E-state index contributed by atoms with van der Waals surface area (Å²) in [6.45, 7) is 6.92. The Hall–Kier alpha value is -3.59. The molecule has 3 aromatic carbocycles. The Labute approximate surface area is 178 Å². The molecule has 0 fully saturated rings. The van der Waals surface area contributed by atoms with Crippen molar-refractivity contribution in [2.75, 3.05) is 6.61 Å². The largest absolute Gasteiger partial charge is 0.494 e. The third-order valence-corrected chi connectivity index (χ3v) is 5.20. The predicted octanol–water partition coefficient (Wildman–Crippen LogP) is 6.91. The summed E-state index contributed by atoms with van der Waals surface area (Å²) in [4.78, 5) is 4.70. The van der Waals surface area contributed by atoms with Gasteiger partial charge in [-0.25, -0.2) is 0 Å². The van der Waals surface area contributed by atoms with Crippen molar-refractivity contribution in [2.24, 2.45) is 4.99 Å². The van der Waals surface area contributed by atoms with Gasteiger partial charge in [-0.05, 0) is 74.4 Å². The molecule has 1 heterocycles. The Morgan fingerprint density at radius 3 is 2.17 bits per heavy atom. The van der Waals surface area contributed by atoms with Crippen LogP contribution < -0.4 is 4.74 Å². The molecule has 3 heteroatoms. The molecule has 0 radical (unpaired) electrons. The summed E-state index contributed by atoms with van der Waals surface area (Å²) in [6, 6.07) is 29.1. The van der Waals surface area contributed by atoms with Crippen molar-refractivity contribution in [1.82, 2.24) is 4.57 Å². The Balaban J connectivity index is 1.55. The summed E-state index contributed by atoms with van der Waals surface area (Å²) in [5, 5.41) is 0. The van der Waals surface area contributed by atoms with Gasteiger partial charge in [0.25, 0.3) is 0 Å². The summed E-state index contributed by atoms with van der Waals surface area (Å²) in [7, 11) is 0. The van der Waals surface area contributed by atoms with E-state index in [0.29, 0.717) is 6.61 Å². The van der Waals surface area contributed by atoms with Gasteiger partial charge in [-0.3, -0.25) is 4.99 Å². The van der Waals surface area contributed by atoms with Crippen molar-refractivity contribution in [2.45, 2.75) is 20.8 Å². The van der Waals surface area contributed by atoms with Crippen molar-refractivity contribution < 1.29 is 4.74 Å². The van der Waals surface area contributed by atoms with Gasteiger partial charge in [0.05, 0.1) is 12.3 Å². The average molecular weight is 395 g/mol. The number of nitrogens with zero attached hydrogens (tertiary/aromatic N) is 2. The Morgan fingerprint density at radius 1 is 0.833 bits per heavy atom. The second-order valence-corrected chi connectivity index (χ2v) is 7.26. The van der Waals surface area contributed by atoms with E-state index in [9.17, 15) is 0 Å². The number of rotatable bonds is 6. The molecule has 0 unspecified atom stereocenters. The molecule has 30 heavy (non-hydrogen) atoms. The maximum Gasteiger partial charge on any atom is 0.119 e. The highest BCUT2D eigenvalue weighted by Gasteiger charge is 2.09. The molecule has 3 nitrogen and oxygen atoms in total. The van der Waals surface area contributed by atoms with Crippen molar-refractivity contribution in [3.05, 3.63) is 102 Å². The van der Waals surface area contributed by atoms with E-state index in [0.717, 1.165) is 22.7 Å². The molecule has 1 aromatic heterocycles. The molecule has 0 spiro atoms. The van der Waals surface area contributed by atoms with Crippen LogP contribution in [0.25, 0.3) is 16.8 Å². The SMILES string of the molecule is CCOc1ccc(-n2c(C)cc(C=Nc3ccc(-c4ccccc4)cc3)c2C)cc1. The molecule has 0 N–H and O–H groups in total. The van der Waals surface area contributed by atoms with Crippen LogP contribution >= 0.6 is 0 Å². The second kappa shape index (κ2) is 8.83. The van der Waals surface area contributed by atoms with Crippen LogP contribution in [-0.4, -0.2) is 17.4 Å². The standard InChI is InChI=1S/C27H26N2O/c1-4-30-27-16-14-26(15-17-27)29-20(2)18-24(21(29)3)19-28-25-12-10-23(11-13-25)22-8-6-5-7-9-22/h5-19H,4H2,1-3H3. The minimum Gasteiger partial charge on any atom is -0.494 e. The van der Waals surface area contributed by atoms with E-state index in [1.807, 2.05) is 31.3 Å². The number of aryl methyl sites for hydroxylation is 1. The van der Waals surface area contributed by atoms with Gasteiger partial charge in [0.15, 0.2) is 0 Å². The molecule has 150 valence electrons. The van der Waals surface area contributed by atoms with Gasteiger partial charge < -0.3 is 9.30 Å². The lowest BCUT2D eigenvalue weighted by molar-refractivity contribution is 0.340. The maximum atomic E-state index is 5.56. The number of benzene rings is 3. The van der Waals surface area contributed by atoms with Crippen molar-refractivity contribution >= 4 is 11.9 Å². The first kappa shape index (κ1) is 19.7. The molecular weight excluding hydrogens is 368 g/mol. The van der Waals surface area contributed by atoms with Gasteiger partial charge in [0.1, 0.15) is 5.75 Å². The van der Waals surface area contributed by atoms with E-state index in [-0.39, 0.29) is 0 Å². The minimum atomic E-state index is 0.674. The molecule has 0 atom stereocenters. The average Bonchev–Trinajstić information content (AvgIpc) is 3.07. The zero-order valence-electron chi connectivity index (χ0n) is 17.7. The van der Waals surface area contributed by atoms with Gasteiger partial charge in [0, 0.05) is 28.9 Å². The smallest absolute Gasteiger partial charge is 0.119 e. The second-order valence-electron chi connectivity index (χ2n) is 7.26. The van der Waals surface area contributed by atoms with E-state index in [2.05, 4.69) is 85.1 Å². The van der Waals surface area contributed by atoms with Crippen molar-refractivity contribution in [3.63, 3.8) is 0 Å². The Morgan fingerprint density at radius 2 is 1.50 bits per heavy atom. The van der Waals surface area contributed by atoms with Crippen LogP contribution in [0.5, 0.6) is 5.75 Å². The van der Waals surface area contributed by atoms with E-state index >= 15 is 0 Å². The van der Waals surface area contributed by atoms with Crippen LogP contribution in [-0.2, 0) is 0 Å². The van der Waals surface area contributed by atoms with Crippen LogP contribution in [0.15, 0.2) is 89.9 Å². The first-order valence-electron chi connectivity index (χ1n) is 10.3. The fourth-order valence-electron chi connectivity index (χ4n) is 3.69. The van der Waals surface area contributed by atoms with Gasteiger partial charge in [-0.15, -0.1) is 0 Å². The molecule has 0 aliphatic heterocycles. The first-order valence-corrected chi connectivity index (χ1v) is 10.3. The first-order chi connectivity index (χ1) is 14.7. The third-order valence-electron chi connectivity index (χ3n) is 5.20. The predicted molar refractivity (Wildman–Crippen MR) is 126 cm³/mol. The summed E-state index contributed by atoms with van der Waals surface area (Å²) in [6.07, 6.45) is 1.95. The summed E-state index contributed by atoms with van der Waals surface area (Å²) in [5.41, 5.74) is 7.95. The molecule has 4 rings (SSSR count). The zero-order valence-corrected chi connectivity index (χ0v) is 17.7. The maximum absolute atomic E-state index is 5.56. The number of aliphatic imine (C=N–C) groups is 1. The normalized spacial score (nSPS) is 11.2. The molecule has 4 aromatic rings. The van der Waals surface area contributed by atoms with Crippen LogP contribution in [0.1, 0.15) is 23.9 Å². The van der Waals surface area contributed by atoms with Gasteiger partial charge in [-0.2, -0.15) is 0 Å². The fraction of sp³-hybridized carbons (Fsp3) is 0.148. The van der Waals surface area contributed by atoms with E-state index in [1.54, 1.807) is 0 Å². The highest BCUT2D eigenvalue weighted by Crippen LogP contribution is 2.24. The summed E-state index contributed by atoms with van der Waals surface area (Å²) >= 11 is 0. The molecule has 0 bridgehead atoms. The van der Waals surface area contributed by atoms with Gasteiger partial charge >= 0.3 is 0 Å². The number of aromatic nitrogens is 1. The van der Waals surface area contributed by atoms with E-state index < -0.39 is 0 Å². The lowest BCUT2D eigenvalue weighted by atomic mass is 10.1. The number of hydrogen-bond acceptors (Lipinski definition) is 2. The molecule has 0 saturated heterocycles. The Kier molecular flexibility index (Phi) is 5.80. The highest BCUT2D eigenvalue weighted by atomic mass is 16.5. The summed E-state index contributed by atoms with van der Waals surface area (Å²) < 4.78 is 7.80. The fourth-order valence-corrected chi connectivity index (χ4v) is 3.69. The number of hydrogen-bond donors (Lipinski definition) is 0. The molecule has 0 aliphatic carbocycles.